The summed E-state index contributed by atoms with van der Waals surface area (Å²) in [5.74, 6) is -0.0163. The van der Waals surface area contributed by atoms with Crippen molar-refractivity contribution in [3.63, 3.8) is 0 Å². The molecule has 2 fully saturated rings. The standard InChI is InChI=1S/C11H17N3O2/c1-8-2-3-10(16-8)11(15)14-5-4-13-7-9(14)6-12/h8-10,13H,2-5,7H2,1H3. The fraction of sp³-hybridized carbons (Fsp3) is 0.818. The molecule has 0 saturated carbocycles. The van der Waals surface area contributed by atoms with Crippen LogP contribution in [0.25, 0.3) is 0 Å². The molecular weight excluding hydrogens is 206 g/mol. The van der Waals surface area contributed by atoms with Crippen molar-refractivity contribution in [3.8, 4) is 6.07 Å². The maximum atomic E-state index is 12.1. The molecule has 2 aliphatic heterocycles. The minimum atomic E-state index is -0.347. The molecule has 0 bridgehead atoms. The average Bonchev–Trinajstić information content (AvgIpc) is 2.75. The lowest BCUT2D eigenvalue weighted by atomic mass is 10.1. The van der Waals surface area contributed by atoms with Crippen LogP contribution in [0.4, 0.5) is 0 Å². The zero-order valence-electron chi connectivity index (χ0n) is 9.48. The molecule has 2 aliphatic rings. The maximum absolute atomic E-state index is 12.1. The Morgan fingerprint density at radius 1 is 1.56 bits per heavy atom. The normalized spacial score (nSPS) is 34.8. The number of ether oxygens (including phenoxy) is 1. The van der Waals surface area contributed by atoms with Gasteiger partial charge in [0.1, 0.15) is 12.1 Å². The van der Waals surface area contributed by atoms with Crippen LogP contribution in [0.15, 0.2) is 0 Å². The summed E-state index contributed by atoms with van der Waals surface area (Å²) >= 11 is 0. The Hall–Kier alpha value is -1.12. The molecule has 3 unspecified atom stereocenters. The number of nitrogens with zero attached hydrogens (tertiary/aromatic N) is 2. The smallest absolute Gasteiger partial charge is 0.252 e. The van der Waals surface area contributed by atoms with Gasteiger partial charge in [-0.1, -0.05) is 0 Å². The molecule has 0 aromatic rings. The molecule has 16 heavy (non-hydrogen) atoms. The first kappa shape index (κ1) is 11.4. The Morgan fingerprint density at radius 2 is 2.38 bits per heavy atom. The van der Waals surface area contributed by atoms with Crippen LogP contribution in [0.3, 0.4) is 0 Å². The van der Waals surface area contributed by atoms with Gasteiger partial charge < -0.3 is 15.0 Å². The van der Waals surface area contributed by atoms with Crippen molar-refractivity contribution in [2.24, 2.45) is 0 Å². The molecule has 0 aliphatic carbocycles. The van der Waals surface area contributed by atoms with Crippen LogP contribution in [-0.2, 0) is 9.53 Å². The van der Waals surface area contributed by atoms with Crippen molar-refractivity contribution >= 4 is 5.91 Å². The molecule has 1 N–H and O–H groups in total. The molecule has 88 valence electrons. The van der Waals surface area contributed by atoms with Crippen LogP contribution in [0, 0.1) is 11.3 Å². The number of nitriles is 1. The van der Waals surface area contributed by atoms with E-state index in [-0.39, 0.29) is 24.2 Å². The van der Waals surface area contributed by atoms with Crippen molar-refractivity contribution in [1.82, 2.24) is 10.2 Å². The van der Waals surface area contributed by atoms with Crippen LogP contribution < -0.4 is 5.32 Å². The van der Waals surface area contributed by atoms with Gasteiger partial charge in [0.25, 0.3) is 5.91 Å². The summed E-state index contributed by atoms with van der Waals surface area (Å²) in [5.41, 5.74) is 0. The Labute approximate surface area is 95.4 Å². The van der Waals surface area contributed by atoms with Crippen molar-refractivity contribution in [2.45, 2.75) is 38.0 Å². The van der Waals surface area contributed by atoms with E-state index in [1.165, 1.54) is 0 Å². The molecule has 0 radical (unpaired) electrons. The van der Waals surface area contributed by atoms with Gasteiger partial charge in [0.2, 0.25) is 0 Å². The quantitative estimate of drug-likeness (QED) is 0.673. The zero-order chi connectivity index (χ0) is 11.5. The highest BCUT2D eigenvalue weighted by Crippen LogP contribution is 2.21. The molecule has 2 rings (SSSR count). The van der Waals surface area contributed by atoms with Gasteiger partial charge in [0.05, 0.1) is 12.2 Å². The van der Waals surface area contributed by atoms with Crippen molar-refractivity contribution in [1.29, 1.82) is 5.26 Å². The van der Waals surface area contributed by atoms with Gasteiger partial charge in [-0.25, -0.2) is 0 Å². The Bertz CT molecular complexity index is 313. The van der Waals surface area contributed by atoms with E-state index in [4.69, 9.17) is 10.00 Å². The van der Waals surface area contributed by atoms with Crippen LogP contribution in [-0.4, -0.2) is 48.7 Å². The summed E-state index contributed by atoms with van der Waals surface area (Å²) in [6.07, 6.45) is 1.54. The Morgan fingerprint density at radius 3 is 3.00 bits per heavy atom. The van der Waals surface area contributed by atoms with E-state index in [1.54, 1.807) is 4.90 Å². The van der Waals surface area contributed by atoms with Gasteiger partial charge in [0, 0.05) is 19.6 Å². The highest BCUT2D eigenvalue weighted by Gasteiger charge is 2.35. The highest BCUT2D eigenvalue weighted by molar-refractivity contribution is 5.82. The molecule has 2 heterocycles. The largest absolute Gasteiger partial charge is 0.365 e. The maximum Gasteiger partial charge on any atom is 0.252 e. The predicted molar refractivity (Wildman–Crippen MR) is 57.6 cm³/mol. The lowest BCUT2D eigenvalue weighted by Gasteiger charge is -2.33. The third kappa shape index (κ3) is 2.18. The van der Waals surface area contributed by atoms with E-state index < -0.39 is 0 Å². The van der Waals surface area contributed by atoms with Crippen LogP contribution in [0.5, 0.6) is 0 Å². The van der Waals surface area contributed by atoms with E-state index in [0.29, 0.717) is 13.1 Å². The molecule has 1 amide bonds. The monoisotopic (exact) mass is 223 g/mol. The molecule has 0 aromatic carbocycles. The molecule has 5 heteroatoms. The Balaban J connectivity index is 2.00. The average molecular weight is 223 g/mol. The third-order valence-electron chi connectivity index (χ3n) is 3.18. The van der Waals surface area contributed by atoms with Crippen molar-refractivity contribution in [3.05, 3.63) is 0 Å². The molecule has 2 saturated heterocycles. The first-order chi connectivity index (χ1) is 7.72. The molecule has 0 aromatic heterocycles. The van der Waals surface area contributed by atoms with Gasteiger partial charge in [-0.3, -0.25) is 4.79 Å². The van der Waals surface area contributed by atoms with E-state index in [2.05, 4.69) is 11.4 Å². The number of carbonyl (C=O) groups excluding carboxylic acids is 1. The minimum absolute atomic E-state index is 0.0163. The lowest BCUT2D eigenvalue weighted by molar-refractivity contribution is -0.144. The van der Waals surface area contributed by atoms with E-state index in [9.17, 15) is 4.79 Å². The second kappa shape index (κ2) is 4.81. The number of nitrogens with one attached hydrogen (secondary N) is 1. The van der Waals surface area contributed by atoms with E-state index >= 15 is 0 Å². The number of rotatable bonds is 1. The summed E-state index contributed by atoms with van der Waals surface area (Å²) in [4.78, 5) is 13.8. The minimum Gasteiger partial charge on any atom is -0.365 e. The fourth-order valence-electron chi connectivity index (χ4n) is 2.25. The molecule has 3 atom stereocenters. The number of hydrogen-bond acceptors (Lipinski definition) is 4. The van der Waals surface area contributed by atoms with Gasteiger partial charge in [-0.2, -0.15) is 5.26 Å². The number of amides is 1. The van der Waals surface area contributed by atoms with Crippen LogP contribution in [0.1, 0.15) is 19.8 Å². The van der Waals surface area contributed by atoms with Crippen molar-refractivity contribution < 1.29 is 9.53 Å². The third-order valence-corrected chi connectivity index (χ3v) is 3.18. The predicted octanol–water partition coefficient (Wildman–Crippen LogP) is -0.122. The van der Waals surface area contributed by atoms with Gasteiger partial charge >= 0.3 is 0 Å². The topological polar surface area (TPSA) is 65.4 Å². The summed E-state index contributed by atoms with van der Waals surface area (Å²) in [7, 11) is 0. The summed E-state index contributed by atoms with van der Waals surface area (Å²) in [6, 6.07) is 1.81. The number of piperazine rings is 1. The SMILES string of the molecule is CC1CCC(C(=O)N2CCNCC2C#N)O1. The van der Waals surface area contributed by atoms with Gasteiger partial charge in [0.15, 0.2) is 0 Å². The first-order valence-electron chi connectivity index (χ1n) is 5.78. The zero-order valence-corrected chi connectivity index (χ0v) is 9.48. The highest BCUT2D eigenvalue weighted by atomic mass is 16.5. The number of hydrogen-bond donors (Lipinski definition) is 1. The fourth-order valence-corrected chi connectivity index (χ4v) is 2.25. The summed E-state index contributed by atoms with van der Waals surface area (Å²) in [5, 5.41) is 12.1. The molecule has 5 nitrogen and oxygen atoms in total. The van der Waals surface area contributed by atoms with Gasteiger partial charge in [-0.05, 0) is 19.8 Å². The van der Waals surface area contributed by atoms with Crippen molar-refractivity contribution in [2.75, 3.05) is 19.6 Å². The first-order valence-corrected chi connectivity index (χ1v) is 5.78. The van der Waals surface area contributed by atoms with Crippen LogP contribution in [0.2, 0.25) is 0 Å². The van der Waals surface area contributed by atoms with E-state index in [1.807, 2.05) is 6.92 Å². The summed E-state index contributed by atoms with van der Waals surface area (Å²) < 4.78 is 5.55. The van der Waals surface area contributed by atoms with E-state index in [0.717, 1.165) is 19.4 Å². The van der Waals surface area contributed by atoms with Gasteiger partial charge in [-0.15, -0.1) is 0 Å². The van der Waals surface area contributed by atoms with Crippen LogP contribution >= 0.6 is 0 Å². The lowest BCUT2D eigenvalue weighted by Crippen LogP contribution is -2.55. The molecule has 0 spiro atoms. The molecular formula is C11H17N3O2. The summed E-state index contributed by atoms with van der Waals surface area (Å²) in [6.45, 7) is 3.90. The second-order valence-corrected chi connectivity index (χ2v) is 4.39. The number of carbonyl (C=O) groups is 1. The second-order valence-electron chi connectivity index (χ2n) is 4.39. The Kier molecular flexibility index (Phi) is 3.42.